The van der Waals surface area contributed by atoms with Crippen LogP contribution >= 0.6 is 0 Å². The minimum atomic E-state index is -0.414. The topological polar surface area (TPSA) is 134 Å². The van der Waals surface area contributed by atoms with Gasteiger partial charge in [-0.2, -0.15) is 15.0 Å². The van der Waals surface area contributed by atoms with Crippen molar-refractivity contribution in [1.82, 2.24) is 35.4 Å². The Morgan fingerprint density at radius 3 is 2.54 bits per heavy atom. The Kier molecular flexibility index (Phi) is 7.21. The number of likely N-dealkylation sites (N-methyl/N-ethyl adjacent to an activating group) is 1. The fourth-order valence-corrected chi connectivity index (χ4v) is 1.88. The lowest BCUT2D eigenvalue weighted by Gasteiger charge is -2.11. The van der Waals surface area contributed by atoms with E-state index in [1.807, 2.05) is 27.9 Å². The number of hydrogen-bond acceptors (Lipinski definition) is 10. The molecule has 0 spiro atoms. The molecule has 142 valence electrons. The summed E-state index contributed by atoms with van der Waals surface area (Å²) in [6.07, 6.45) is 1.47. The van der Waals surface area contributed by atoms with Crippen LogP contribution in [0.3, 0.4) is 0 Å². The van der Waals surface area contributed by atoms with Crippen molar-refractivity contribution in [1.29, 1.82) is 0 Å². The highest BCUT2D eigenvalue weighted by atomic mass is 16.4. The van der Waals surface area contributed by atoms with E-state index in [0.29, 0.717) is 31.3 Å². The van der Waals surface area contributed by atoms with Crippen molar-refractivity contribution in [2.75, 3.05) is 44.4 Å². The number of hydrogen-bond donors (Lipinski definition) is 3. The van der Waals surface area contributed by atoms with E-state index in [1.54, 1.807) is 0 Å². The second-order valence-electron chi connectivity index (χ2n) is 5.78. The van der Waals surface area contributed by atoms with Crippen LogP contribution in [0.1, 0.15) is 36.8 Å². The molecule has 2 aromatic rings. The van der Waals surface area contributed by atoms with E-state index in [1.165, 1.54) is 0 Å². The van der Waals surface area contributed by atoms with Crippen molar-refractivity contribution in [2.24, 2.45) is 0 Å². The predicted octanol–water partition coefficient (Wildman–Crippen LogP) is 0.674. The van der Waals surface area contributed by atoms with Gasteiger partial charge in [0.2, 0.25) is 11.9 Å². The Hall–Kier alpha value is -2.82. The summed E-state index contributed by atoms with van der Waals surface area (Å²) in [6, 6.07) is 0.0409. The maximum Gasteiger partial charge on any atom is 0.322 e. The molecule has 0 fully saturated rings. The standard InChI is InChI=1S/C15H25N9O2/c1-5-7-16-11(25)12-22-23-15(26-12)21-14-19-10(6-2)18-13(20-14)17-8-9-24(3)4/h5-9H2,1-4H3,(H,16,25)(H2,17,18,19,20,21,23). The third-order valence-electron chi connectivity index (χ3n) is 3.21. The molecule has 0 radical (unpaired) electrons. The van der Waals surface area contributed by atoms with Gasteiger partial charge < -0.3 is 20.0 Å². The van der Waals surface area contributed by atoms with Crippen molar-refractivity contribution < 1.29 is 9.21 Å². The van der Waals surface area contributed by atoms with Gasteiger partial charge in [0.05, 0.1) is 0 Å². The lowest BCUT2D eigenvalue weighted by molar-refractivity contribution is 0.0920. The van der Waals surface area contributed by atoms with Crippen LogP contribution in [0.5, 0.6) is 0 Å². The molecular weight excluding hydrogens is 338 g/mol. The highest BCUT2D eigenvalue weighted by Gasteiger charge is 2.15. The van der Waals surface area contributed by atoms with E-state index >= 15 is 0 Å². The molecule has 0 aliphatic rings. The summed E-state index contributed by atoms with van der Waals surface area (Å²) in [6.45, 7) is 5.99. The molecule has 0 aromatic carbocycles. The lowest BCUT2D eigenvalue weighted by atomic mass is 10.4. The van der Waals surface area contributed by atoms with Crippen molar-refractivity contribution >= 4 is 23.8 Å². The Morgan fingerprint density at radius 1 is 1.08 bits per heavy atom. The molecule has 2 aromatic heterocycles. The number of anilines is 3. The molecule has 0 saturated heterocycles. The maximum absolute atomic E-state index is 11.8. The number of nitrogens with one attached hydrogen (secondary N) is 3. The van der Waals surface area contributed by atoms with E-state index in [0.717, 1.165) is 13.0 Å². The number of aromatic nitrogens is 5. The molecule has 0 unspecified atom stereocenters. The summed E-state index contributed by atoms with van der Waals surface area (Å²) in [5.41, 5.74) is 0. The zero-order valence-electron chi connectivity index (χ0n) is 15.5. The minimum Gasteiger partial charge on any atom is -0.399 e. The Labute approximate surface area is 152 Å². The highest BCUT2D eigenvalue weighted by molar-refractivity contribution is 5.89. The van der Waals surface area contributed by atoms with Crippen LogP contribution in [0, 0.1) is 0 Å². The Balaban J connectivity index is 2.06. The van der Waals surface area contributed by atoms with Crippen LogP contribution in [-0.2, 0) is 6.42 Å². The van der Waals surface area contributed by atoms with Crippen LogP contribution in [-0.4, -0.2) is 69.7 Å². The molecule has 11 nitrogen and oxygen atoms in total. The summed E-state index contributed by atoms with van der Waals surface area (Å²) < 4.78 is 5.30. The normalized spacial score (nSPS) is 10.8. The number of amides is 1. The smallest absolute Gasteiger partial charge is 0.322 e. The second kappa shape index (κ2) is 9.61. The highest BCUT2D eigenvalue weighted by Crippen LogP contribution is 2.13. The zero-order chi connectivity index (χ0) is 18.9. The third-order valence-corrected chi connectivity index (χ3v) is 3.21. The van der Waals surface area contributed by atoms with Crippen LogP contribution in [0.2, 0.25) is 0 Å². The predicted molar refractivity (Wildman–Crippen MR) is 96.5 cm³/mol. The van der Waals surface area contributed by atoms with Crippen LogP contribution < -0.4 is 16.0 Å². The molecule has 0 bridgehead atoms. The quantitative estimate of drug-likeness (QED) is 0.553. The Bertz CT molecular complexity index is 717. The van der Waals surface area contributed by atoms with Gasteiger partial charge in [0.25, 0.3) is 0 Å². The SMILES string of the molecule is CCCNC(=O)c1nnc(Nc2nc(CC)nc(NCCN(C)C)n2)o1. The fourth-order valence-electron chi connectivity index (χ4n) is 1.88. The van der Waals surface area contributed by atoms with Gasteiger partial charge in [-0.3, -0.25) is 10.1 Å². The molecule has 2 heterocycles. The first-order chi connectivity index (χ1) is 12.5. The molecule has 0 atom stereocenters. The Morgan fingerprint density at radius 2 is 1.85 bits per heavy atom. The molecular formula is C15H25N9O2. The molecule has 0 aliphatic carbocycles. The van der Waals surface area contributed by atoms with Gasteiger partial charge in [-0.25, -0.2) is 0 Å². The van der Waals surface area contributed by atoms with E-state index in [2.05, 4.69) is 46.0 Å². The zero-order valence-corrected chi connectivity index (χ0v) is 15.5. The van der Waals surface area contributed by atoms with E-state index in [4.69, 9.17) is 4.42 Å². The van der Waals surface area contributed by atoms with Crippen molar-refractivity contribution in [3.63, 3.8) is 0 Å². The average molecular weight is 363 g/mol. The summed E-state index contributed by atoms with van der Waals surface area (Å²) in [7, 11) is 3.98. The largest absolute Gasteiger partial charge is 0.399 e. The fraction of sp³-hybridized carbons (Fsp3) is 0.600. The van der Waals surface area contributed by atoms with Gasteiger partial charge in [0.1, 0.15) is 5.82 Å². The number of rotatable bonds is 10. The van der Waals surface area contributed by atoms with Gasteiger partial charge in [-0.1, -0.05) is 18.9 Å². The first kappa shape index (κ1) is 19.5. The minimum absolute atomic E-state index is 0.0409. The number of carbonyl (C=O) groups excluding carboxylic acids is 1. The van der Waals surface area contributed by atoms with Gasteiger partial charge in [-0.05, 0) is 20.5 Å². The van der Waals surface area contributed by atoms with E-state index < -0.39 is 5.91 Å². The van der Waals surface area contributed by atoms with Crippen molar-refractivity contribution in [2.45, 2.75) is 26.7 Å². The van der Waals surface area contributed by atoms with Crippen molar-refractivity contribution in [3.8, 4) is 0 Å². The number of nitrogens with zero attached hydrogens (tertiary/aromatic N) is 6. The number of carbonyl (C=O) groups is 1. The van der Waals surface area contributed by atoms with Gasteiger partial charge in [0.15, 0.2) is 0 Å². The van der Waals surface area contributed by atoms with Gasteiger partial charge in [0, 0.05) is 26.1 Å². The monoisotopic (exact) mass is 363 g/mol. The van der Waals surface area contributed by atoms with Gasteiger partial charge in [-0.15, -0.1) is 5.10 Å². The third kappa shape index (κ3) is 5.92. The summed E-state index contributed by atoms with van der Waals surface area (Å²) >= 11 is 0. The summed E-state index contributed by atoms with van der Waals surface area (Å²) in [4.78, 5) is 26.8. The van der Waals surface area contributed by atoms with E-state index in [-0.39, 0.29) is 17.9 Å². The summed E-state index contributed by atoms with van der Waals surface area (Å²) in [5, 5.41) is 16.1. The van der Waals surface area contributed by atoms with Crippen LogP contribution in [0.25, 0.3) is 0 Å². The van der Waals surface area contributed by atoms with E-state index in [9.17, 15) is 4.79 Å². The van der Waals surface area contributed by atoms with Crippen molar-refractivity contribution in [3.05, 3.63) is 11.7 Å². The maximum atomic E-state index is 11.8. The molecule has 1 amide bonds. The van der Waals surface area contributed by atoms with Crippen LogP contribution in [0.15, 0.2) is 4.42 Å². The lowest BCUT2D eigenvalue weighted by Crippen LogP contribution is -2.24. The summed E-state index contributed by atoms with van der Waals surface area (Å²) in [5.74, 6) is 0.823. The first-order valence-electron chi connectivity index (χ1n) is 8.54. The molecule has 11 heteroatoms. The molecule has 3 N–H and O–H groups in total. The first-order valence-corrected chi connectivity index (χ1v) is 8.54. The molecule has 0 aliphatic heterocycles. The number of aryl methyl sites for hydroxylation is 1. The molecule has 2 rings (SSSR count). The molecule has 0 saturated carbocycles. The van der Waals surface area contributed by atoms with Gasteiger partial charge >= 0.3 is 17.8 Å². The molecule has 26 heavy (non-hydrogen) atoms. The van der Waals surface area contributed by atoms with Crippen LogP contribution in [0.4, 0.5) is 17.9 Å². The average Bonchev–Trinajstić information content (AvgIpc) is 3.07. The second-order valence-corrected chi connectivity index (χ2v) is 5.78.